The Kier molecular flexibility index (Phi) is 3.96. The quantitative estimate of drug-likeness (QED) is 0.848. The zero-order valence-electron chi connectivity index (χ0n) is 10.9. The molecule has 0 aromatic heterocycles. The highest BCUT2D eigenvalue weighted by atomic mass is 32.2. The van der Waals surface area contributed by atoms with Crippen LogP contribution in [0.3, 0.4) is 0 Å². The number of phenolic OH excluding ortho intramolecular Hbond substituents is 1. The Morgan fingerprint density at radius 1 is 1.05 bits per heavy atom. The molecule has 0 saturated carbocycles. The lowest BCUT2D eigenvalue weighted by Gasteiger charge is -2.24. The predicted molar refractivity (Wildman–Crippen MR) is 77.0 cm³/mol. The molecule has 0 heterocycles. The third kappa shape index (κ3) is 2.92. The van der Waals surface area contributed by atoms with Crippen molar-refractivity contribution in [2.24, 2.45) is 0 Å². The molecule has 6 heteroatoms. The Balaban J connectivity index is 2.41. The van der Waals surface area contributed by atoms with E-state index in [1.165, 1.54) is 12.1 Å². The number of anilines is 2. The maximum absolute atomic E-state index is 11.0. The molecule has 0 radical (unpaired) electrons. The number of hydrogen-bond donors (Lipinski definition) is 2. The summed E-state index contributed by atoms with van der Waals surface area (Å²) in [6.07, 6.45) is 0. The Morgan fingerprint density at radius 2 is 1.65 bits per heavy atom. The second kappa shape index (κ2) is 5.52. The second-order valence-corrected chi connectivity index (χ2v) is 5.62. The first-order chi connectivity index (χ1) is 9.43. The van der Waals surface area contributed by atoms with Gasteiger partial charge in [0.1, 0.15) is 5.75 Å². The molecule has 0 aliphatic carbocycles. The fourth-order valence-electron chi connectivity index (χ4n) is 1.98. The molecular weight excluding hydrogens is 278 g/mol. The van der Waals surface area contributed by atoms with Crippen molar-refractivity contribution < 1.29 is 18.1 Å². The molecule has 0 saturated heterocycles. The summed E-state index contributed by atoms with van der Waals surface area (Å²) in [6.45, 7) is 2.52. The molecule has 0 spiro atoms. The summed E-state index contributed by atoms with van der Waals surface area (Å²) in [6, 6.07) is 12.7. The summed E-state index contributed by atoms with van der Waals surface area (Å²) in [5.74, 6) is 0.146. The molecule has 2 aromatic carbocycles. The van der Waals surface area contributed by atoms with E-state index >= 15 is 0 Å². The standard InChI is InChI=1S/C14H15NO4S/c1-2-15(13-5-3-4-6-14(13)16)11-7-9-12(10-8-11)20(17,18)19/h3-10,16H,2H2,1H3,(H,17,18,19). The van der Waals surface area contributed by atoms with Gasteiger partial charge in [0.05, 0.1) is 10.6 Å². The lowest BCUT2D eigenvalue weighted by Crippen LogP contribution is -2.16. The van der Waals surface area contributed by atoms with Crippen molar-refractivity contribution in [3.63, 3.8) is 0 Å². The number of aromatic hydroxyl groups is 1. The van der Waals surface area contributed by atoms with Gasteiger partial charge in [-0.05, 0) is 43.3 Å². The summed E-state index contributed by atoms with van der Waals surface area (Å²) in [4.78, 5) is 1.68. The van der Waals surface area contributed by atoms with Crippen LogP contribution in [0.2, 0.25) is 0 Å². The Morgan fingerprint density at radius 3 is 2.15 bits per heavy atom. The molecule has 2 aromatic rings. The Hall–Kier alpha value is -2.05. The molecule has 5 nitrogen and oxygen atoms in total. The normalized spacial score (nSPS) is 11.3. The van der Waals surface area contributed by atoms with Gasteiger partial charge in [0, 0.05) is 12.2 Å². The van der Waals surface area contributed by atoms with Crippen LogP contribution in [-0.4, -0.2) is 24.6 Å². The van der Waals surface area contributed by atoms with E-state index in [2.05, 4.69) is 0 Å². The number of nitrogens with zero attached hydrogens (tertiary/aromatic N) is 1. The minimum Gasteiger partial charge on any atom is -0.506 e. The lowest BCUT2D eigenvalue weighted by atomic mass is 10.2. The summed E-state index contributed by atoms with van der Waals surface area (Å²) < 4.78 is 31.0. The van der Waals surface area contributed by atoms with Crippen LogP contribution in [0.25, 0.3) is 0 Å². The van der Waals surface area contributed by atoms with Crippen molar-refractivity contribution in [3.05, 3.63) is 48.5 Å². The highest BCUT2D eigenvalue weighted by molar-refractivity contribution is 7.85. The number of rotatable bonds is 4. The highest BCUT2D eigenvalue weighted by Gasteiger charge is 2.13. The Labute approximate surface area is 117 Å². The number of para-hydroxylation sites is 2. The third-order valence-corrected chi connectivity index (χ3v) is 3.80. The summed E-state index contributed by atoms with van der Waals surface area (Å²) >= 11 is 0. The van der Waals surface area contributed by atoms with Crippen molar-refractivity contribution in [1.82, 2.24) is 0 Å². The topological polar surface area (TPSA) is 77.8 Å². The fourth-order valence-corrected chi connectivity index (χ4v) is 2.46. The summed E-state index contributed by atoms with van der Waals surface area (Å²) in [5.41, 5.74) is 1.36. The minimum absolute atomic E-state index is 0.146. The molecule has 0 atom stereocenters. The maximum atomic E-state index is 11.0. The molecule has 20 heavy (non-hydrogen) atoms. The molecule has 2 rings (SSSR count). The highest BCUT2D eigenvalue weighted by Crippen LogP contribution is 2.32. The van der Waals surface area contributed by atoms with E-state index in [-0.39, 0.29) is 10.6 Å². The monoisotopic (exact) mass is 293 g/mol. The number of hydrogen-bond acceptors (Lipinski definition) is 4. The SMILES string of the molecule is CCN(c1ccc(S(=O)(=O)O)cc1)c1ccccc1O. The van der Waals surface area contributed by atoms with Gasteiger partial charge in [-0.3, -0.25) is 4.55 Å². The average Bonchev–Trinajstić information content (AvgIpc) is 2.41. The second-order valence-electron chi connectivity index (χ2n) is 4.20. The van der Waals surface area contributed by atoms with Crippen molar-refractivity contribution >= 4 is 21.5 Å². The largest absolute Gasteiger partial charge is 0.506 e. The zero-order chi connectivity index (χ0) is 14.8. The molecule has 0 unspecified atom stereocenters. The average molecular weight is 293 g/mol. The number of benzene rings is 2. The molecule has 0 fully saturated rings. The van der Waals surface area contributed by atoms with Gasteiger partial charge in [-0.2, -0.15) is 8.42 Å². The van der Waals surface area contributed by atoms with Crippen molar-refractivity contribution in [3.8, 4) is 5.75 Å². The molecule has 106 valence electrons. The third-order valence-electron chi connectivity index (χ3n) is 2.94. The summed E-state index contributed by atoms with van der Waals surface area (Å²) in [5, 5.41) is 9.88. The molecule has 2 N–H and O–H groups in total. The smallest absolute Gasteiger partial charge is 0.294 e. The summed E-state index contributed by atoms with van der Waals surface area (Å²) in [7, 11) is -4.19. The van der Waals surface area contributed by atoms with Crippen LogP contribution in [0.4, 0.5) is 11.4 Å². The lowest BCUT2D eigenvalue weighted by molar-refractivity contribution is 0.475. The van der Waals surface area contributed by atoms with E-state index in [1.54, 1.807) is 30.3 Å². The first-order valence-corrected chi connectivity index (χ1v) is 7.50. The Bertz CT molecular complexity index is 695. The minimum atomic E-state index is -4.19. The molecule has 0 bridgehead atoms. The van der Waals surface area contributed by atoms with Gasteiger partial charge in [0.2, 0.25) is 0 Å². The van der Waals surface area contributed by atoms with Crippen LogP contribution in [0.15, 0.2) is 53.4 Å². The predicted octanol–water partition coefficient (Wildman–Crippen LogP) is 2.80. The molecule has 0 amide bonds. The van der Waals surface area contributed by atoms with E-state index in [0.29, 0.717) is 12.2 Å². The van der Waals surface area contributed by atoms with Crippen LogP contribution < -0.4 is 4.90 Å². The van der Waals surface area contributed by atoms with Crippen LogP contribution in [0, 0.1) is 0 Å². The van der Waals surface area contributed by atoms with Gasteiger partial charge in [-0.25, -0.2) is 0 Å². The van der Waals surface area contributed by atoms with Crippen LogP contribution >= 0.6 is 0 Å². The van der Waals surface area contributed by atoms with Gasteiger partial charge in [-0.15, -0.1) is 0 Å². The van der Waals surface area contributed by atoms with Crippen LogP contribution in [-0.2, 0) is 10.1 Å². The zero-order valence-corrected chi connectivity index (χ0v) is 11.7. The van der Waals surface area contributed by atoms with E-state index in [0.717, 1.165) is 5.69 Å². The maximum Gasteiger partial charge on any atom is 0.294 e. The van der Waals surface area contributed by atoms with Gasteiger partial charge < -0.3 is 10.0 Å². The van der Waals surface area contributed by atoms with Gasteiger partial charge in [0.15, 0.2) is 0 Å². The van der Waals surface area contributed by atoms with Crippen molar-refractivity contribution in [2.75, 3.05) is 11.4 Å². The van der Waals surface area contributed by atoms with E-state index in [4.69, 9.17) is 4.55 Å². The van der Waals surface area contributed by atoms with E-state index in [1.807, 2.05) is 17.9 Å². The molecule has 0 aliphatic rings. The van der Waals surface area contributed by atoms with E-state index < -0.39 is 10.1 Å². The number of phenols is 1. The van der Waals surface area contributed by atoms with Crippen LogP contribution in [0.1, 0.15) is 6.92 Å². The first kappa shape index (κ1) is 14.4. The van der Waals surface area contributed by atoms with Crippen molar-refractivity contribution in [1.29, 1.82) is 0 Å². The van der Waals surface area contributed by atoms with Crippen LogP contribution in [0.5, 0.6) is 5.75 Å². The molecular formula is C14H15NO4S. The molecule has 0 aliphatic heterocycles. The van der Waals surface area contributed by atoms with Crippen molar-refractivity contribution in [2.45, 2.75) is 11.8 Å². The van der Waals surface area contributed by atoms with E-state index in [9.17, 15) is 13.5 Å². The first-order valence-electron chi connectivity index (χ1n) is 6.06. The fraction of sp³-hybridized carbons (Fsp3) is 0.143. The van der Waals surface area contributed by atoms with Gasteiger partial charge in [-0.1, -0.05) is 12.1 Å². The van der Waals surface area contributed by atoms with Gasteiger partial charge >= 0.3 is 0 Å². The van der Waals surface area contributed by atoms with Gasteiger partial charge in [0.25, 0.3) is 10.1 Å².